The summed E-state index contributed by atoms with van der Waals surface area (Å²) in [5.74, 6) is 0. The molecule has 13 heavy (non-hydrogen) atoms. The molecule has 0 aliphatic carbocycles. The van der Waals surface area contributed by atoms with Crippen molar-refractivity contribution >= 4 is 22.5 Å². The highest BCUT2D eigenvalue weighted by atomic mass is 35.5. The number of halogens is 1. The lowest BCUT2D eigenvalue weighted by Crippen LogP contribution is -1.98. The molecule has 2 aromatic rings. The first kappa shape index (κ1) is 8.48. The fraction of sp³-hybridized carbons (Fsp3) is 0.100. The first-order valence-electron chi connectivity index (χ1n) is 4.05. The molecule has 0 unspecified atom stereocenters. The van der Waals surface area contributed by atoms with E-state index in [9.17, 15) is 0 Å². The Morgan fingerprint density at radius 2 is 2.15 bits per heavy atom. The first-order valence-corrected chi connectivity index (χ1v) is 4.43. The van der Waals surface area contributed by atoms with Gasteiger partial charge in [-0.3, -0.25) is 4.98 Å². The van der Waals surface area contributed by atoms with Gasteiger partial charge < -0.3 is 5.73 Å². The molecular weight excluding hydrogens is 184 g/mol. The third kappa shape index (κ3) is 1.39. The summed E-state index contributed by atoms with van der Waals surface area (Å²) in [6.45, 7) is 0.491. The fourth-order valence-corrected chi connectivity index (χ4v) is 1.58. The number of aromatic nitrogens is 1. The van der Waals surface area contributed by atoms with Crippen LogP contribution in [0.2, 0.25) is 5.02 Å². The minimum Gasteiger partial charge on any atom is -0.326 e. The van der Waals surface area contributed by atoms with Gasteiger partial charge in [0.1, 0.15) is 0 Å². The smallest absolute Gasteiger partial charge is 0.0761 e. The molecule has 0 aliphatic rings. The summed E-state index contributed by atoms with van der Waals surface area (Å²) >= 11 is 6.01. The molecule has 0 radical (unpaired) electrons. The predicted octanol–water partition coefficient (Wildman–Crippen LogP) is 2.35. The number of nitrogens with zero attached hydrogens (tertiary/aromatic N) is 1. The lowest BCUT2D eigenvalue weighted by molar-refractivity contribution is 1.08. The second-order valence-corrected chi connectivity index (χ2v) is 3.22. The summed E-state index contributed by atoms with van der Waals surface area (Å²) in [5.41, 5.74) is 7.51. The molecule has 3 heteroatoms. The van der Waals surface area contributed by atoms with Crippen molar-refractivity contribution in [2.24, 2.45) is 5.73 Å². The van der Waals surface area contributed by atoms with E-state index in [4.69, 9.17) is 17.3 Å². The van der Waals surface area contributed by atoms with Crippen LogP contribution in [0, 0.1) is 0 Å². The molecule has 0 bridgehead atoms. The van der Waals surface area contributed by atoms with Crippen molar-refractivity contribution in [3.05, 3.63) is 41.0 Å². The number of hydrogen-bond donors (Lipinski definition) is 1. The Kier molecular flexibility index (Phi) is 2.17. The van der Waals surface area contributed by atoms with Crippen LogP contribution in [-0.2, 0) is 6.54 Å². The van der Waals surface area contributed by atoms with Crippen LogP contribution in [0.4, 0.5) is 0 Å². The molecule has 0 atom stereocenters. The largest absolute Gasteiger partial charge is 0.326 e. The molecule has 0 saturated carbocycles. The van der Waals surface area contributed by atoms with Crippen molar-refractivity contribution in [2.45, 2.75) is 6.54 Å². The van der Waals surface area contributed by atoms with Crippen molar-refractivity contribution in [1.82, 2.24) is 4.98 Å². The Hall–Kier alpha value is -1.12. The molecule has 1 aromatic heterocycles. The molecule has 0 spiro atoms. The molecule has 2 rings (SSSR count). The number of benzene rings is 1. The maximum Gasteiger partial charge on any atom is 0.0761 e. The van der Waals surface area contributed by atoms with Crippen molar-refractivity contribution in [2.75, 3.05) is 0 Å². The molecule has 2 N–H and O–H groups in total. The lowest BCUT2D eigenvalue weighted by Gasteiger charge is -2.03. The van der Waals surface area contributed by atoms with Gasteiger partial charge in [-0.05, 0) is 11.6 Å². The average Bonchev–Trinajstić information content (AvgIpc) is 2.18. The number of hydrogen-bond acceptors (Lipinski definition) is 2. The van der Waals surface area contributed by atoms with E-state index in [0.717, 1.165) is 21.5 Å². The van der Waals surface area contributed by atoms with E-state index >= 15 is 0 Å². The maximum absolute atomic E-state index is 6.01. The first-order chi connectivity index (χ1) is 6.33. The van der Waals surface area contributed by atoms with Gasteiger partial charge in [-0.15, -0.1) is 0 Å². The molecule has 1 heterocycles. The second-order valence-electron chi connectivity index (χ2n) is 2.81. The van der Waals surface area contributed by atoms with Crippen molar-refractivity contribution in [3.63, 3.8) is 0 Å². The van der Waals surface area contributed by atoms with Gasteiger partial charge >= 0.3 is 0 Å². The van der Waals surface area contributed by atoms with Crippen LogP contribution in [0.25, 0.3) is 10.9 Å². The highest BCUT2D eigenvalue weighted by molar-refractivity contribution is 6.35. The quantitative estimate of drug-likeness (QED) is 0.754. The maximum atomic E-state index is 6.01. The van der Waals surface area contributed by atoms with Gasteiger partial charge in [0.2, 0.25) is 0 Å². The molecule has 66 valence electrons. The number of nitrogens with two attached hydrogens (primary N) is 1. The van der Waals surface area contributed by atoms with Crippen molar-refractivity contribution < 1.29 is 0 Å². The van der Waals surface area contributed by atoms with Gasteiger partial charge in [-0.1, -0.05) is 29.8 Å². The lowest BCUT2D eigenvalue weighted by atomic mass is 10.1. The van der Waals surface area contributed by atoms with Crippen LogP contribution in [0.15, 0.2) is 30.5 Å². The van der Waals surface area contributed by atoms with Gasteiger partial charge in [-0.25, -0.2) is 0 Å². The van der Waals surface area contributed by atoms with E-state index in [1.807, 2.05) is 18.2 Å². The van der Waals surface area contributed by atoms with Gasteiger partial charge in [0, 0.05) is 18.1 Å². The Labute approximate surface area is 81.3 Å². The van der Waals surface area contributed by atoms with E-state index in [1.165, 1.54) is 0 Å². The molecule has 0 amide bonds. The van der Waals surface area contributed by atoms with Crippen molar-refractivity contribution in [3.8, 4) is 0 Å². The van der Waals surface area contributed by atoms with Crippen LogP contribution in [0.1, 0.15) is 5.56 Å². The van der Waals surface area contributed by atoms with Gasteiger partial charge in [0.05, 0.1) is 10.5 Å². The summed E-state index contributed by atoms with van der Waals surface area (Å²) in [5, 5.41) is 1.69. The van der Waals surface area contributed by atoms with Gasteiger partial charge in [-0.2, -0.15) is 0 Å². The van der Waals surface area contributed by atoms with Crippen molar-refractivity contribution in [1.29, 1.82) is 0 Å². The Morgan fingerprint density at radius 3 is 2.92 bits per heavy atom. The topological polar surface area (TPSA) is 38.9 Å². The summed E-state index contributed by atoms with van der Waals surface area (Å²) in [6, 6.07) is 7.64. The normalized spacial score (nSPS) is 10.6. The Bertz CT molecular complexity index is 440. The highest BCUT2D eigenvalue weighted by Gasteiger charge is 2.02. The minimum absolute atomic E-state index is 0.491. The fourth-order valence-electron chi connectivity index (χ4n) is 1.37. The predicted molar refractivity (Wildman–Crippen MR) is 54.6 cm³/mol. The van der Waals surface area contributed by atoms with E-state index in [1.54, 1.807) is 12.3 Å². The number of para-hydroxylation sites is 1. The zero-order valence-corrected chi connectivity index (χ0v) is 7.75. The second kappa shape index (κ2) is 3.32. The average molecular weight is 193 g/mol. The van der Waals surface area contributed by atoms with Crippen LogP contribution >= 0.6 is 11.6 Å². The van der Waals surface area contributed by atoms with E-state index in [2.05, 4.69) is 4.98 Å². The summed E-state index contributed by atoms with van der Waals surface area (Å²) in [6.07, 6.45) is 1.70. The Balaban J connectivity index is 2.84. The highest BCUT2D eigenvalue weighted by Crippen LogP contribution is 2.23. The Morgan fingerprint density at radius 1 is 1.31 bits per heavy atom. The van der Waals surface area contributed by atoms with Gasteiger partial charge in [0.15, 0.2) is 0 Å². The van der Waals surface area contributed by atoms with Crippen LogP contribution in [0.3, 0.4) is 0 Å². The summed E-state index contributed by atoms with van der Waals surface area (Å²) in [7, 11) is 0. The van der Waals surface area contributed by atoms with E-state index < -0.39 is 0 Å². The minimum atomic E-state index is 0.491. The third-order valence-corrected chi connectivity index (χ3v) is 2.35. The number of rotatable bonds is 1. The monoisotopic (exact) mass is 192 g/mol. The number of pyridine rings is 1. The zero-order valence-electron chi connectivity index (χ0n) is 7.00. The zero-order chi connectivity index (χ0) is 9.26. The molecule has 0 saturated heterocycles. The van der Waals surface area contributed by atoms with Crippen LogP contribution < -0.4 is 5.73 Å². The van der Waals surface area contributed by atoms with E-state index in [-0.39, 0.29) is 0 Å². The SMILES string of the molecule is NCc1cccc2c(Cl)ccnc12. The van der Waals surface area contributed by atoms with Crippen LogP contribution in [-0.4, -0.2) is 4.98 Å². The molecule has 0 aliphatic heterocycles. The summed E-state index contributed by atoms with van der Waals surface area (Å²) in [4.78, 5) is 4.25. The third-order valence-electron chi connectivity index (χ3n) is 2.02. The molecule has 0 fully saturated rings. The molecular formula is C10H9ClN2. The number of fused-ring (bicyclic) bond motifs is 1. The van der Waals surface area contributed by atoms with Gasteiger partial charge in [0.25, 0.3) is 0 Å². The summed E-state index contributed by atoms with van der Waals surface area (Å²) < 4.78 is 0. The van der Waals surface area contributed by atoms with Crippen LogP contribution in [0.5, 0.6) is 0 Å². The molecule has 2 nitrogen and oxygen atoms in total. The standard InChI is InChI=1S/C10H9ClN2/c11-9-4-5-13-10-7(6-12)2-1-3-8(9)10/h1-5H,6,12H2. The molecule has 1 aromatic carbocycles. The van der Waals surface area contributed by atoms with E-state index in [0.29, 0.717) is 6.54 Å².